The van der Waals surface area contributed by atoms with Gasteiger partial charge in [0.1, 0.15) is 6.42 Å². The molecule has 1 atom stereocenters. The molecule has 11 heteroatoms. The van der Waals surface area contributed by atoms with Gasteiger partial charge < -0.3 is 15.1 Å². The van der Waals surface area contributed by atoms with Crippen LogP contribution >= 0.6 is 23.2 Å². The van der Waals surface area contributed by atoms with Gasteiger partial charge in [-0.3, -0.25) is 9.69 Å². The molecule has 0 aliphatic heterocycles. The molecular formula is C23H25Cl2F3N2O4. The van der Waals surface area contributed by atoms with E-state index in [-0.39, 0.29) is 36.0 Å². The molecule has 0 saturated heterocycles. The second-order valence-electron chi connectivity index (χ2n) is 7.88. The van der Waals surface area contributed by atoms with Gasteiger partial charge in [-0.05, 0) is 36.1 Å². The maximum Gasteiger partial charge on any atom is 0.408 e. The van der Waals surface area contributed by atoms with Crippen molar-refractivity contribution in [3.05, 3.63) is 69.7 Å². The van der Waals surface area contributed by atoms with Crippen molar-refractivity contribution in [2.24, 2.45) is 0 Å². The number of aliphatic hydroxyl groups excluding tert-OH is 1. The zero-order valence-corrected chi connectivity index (χ0v) is 19.9. The topological polar surface area (TPSA) is 81.1 Å². The largest absolute Gasteiger partial charge is 0.465 e. The summed E-state index contributed by atoms with van der Waals surface area (Å²) in [5, 5.41) is 20.1. The number of amides is 2. The summed E-state index contributed by atoms with van der Waals surface area (Å²) < 4.78 is 38.6. The molecule has 34 heavy (non-hydrogen) atoms. The van der Waals surface area contributed by atoms with E-state index >= 15 is 0 Å². The summed E-state index contributed by atoms with van der Waals surface area (Å²) >= 11 is 12.3. The fourth-order valence-electron chi connectivity index (χ4n) is 3.80. The normalized spacial score (nSPS) is 13.3. The standard InChI is InChI=1S/C23H25Cl2F3N2O4/c1-29(20(32)13-23(26,27)28)15-22(10-5-11-31,17-8-9-18(24)19(25)12-17)30(21(33)34)14-16-6-3-2-4-7-16/h2-4,6-9,12,31H,5,10-11,13-15H2,1H3,(H,33,34)/t22-/m1/s1. The van der Waals surface area contributed by atoms with E-state index in [1.54, 1.807) is 30.3 Å². The minimum Gasteiger partial charge on any atom is -0.465 e. The molecule has 2 N–H and O–H groups in total. The van der Waals surface area contributed by atoms with Crippen LogP contribution in [-0.4, -0.2) is 58.4 Å². The first-order valence-electron chi connectivity index (χ1n) is 10.3. The number of carbonyl (C=O) groups is 2. The number of carbonyl (C=O) groups excluding carboxylic acids is 1. The molecule has 0 bridgehead atoms. The van der Waals surface area contributed by atoms with Gasteiger partial charge in [-0.25, -0.2) is 4.79 Å². The van der Waals surface area contributed by atoms with E-state index in [4.69, 9.17) is 23.2 Å². The summed E-state index contributed by atoms with van der Waals surface area (Å²) in [5.41, 5.74) is -0.572. The first kappa shape index (κ1) is 27.8. The number of hydrogen-bond acceptors (Lipinski definition) is 3. The van der Waals surface area contributed by atoms with Gasteiger partial charge in [-0.1, -0.05) is 59.6 Å². The smallest absolute Gasteiger partial charge is 0.408 e. The highest BCUT2D eigenvalue weighted by Gasteiger charge is 2.44. The summed E-state index contributed by atoms with van der Waals surface area (Å²) in [7, 11) is 1.18. The lowest BCUT2D eigenvalue weighted by Crippen LogP contribution is -2.55. The first-order chi connectivity index (χ1) is 15.9. The lowest BCUT2D eigenvalue weighted by Gasteiger charge is -2.45. The van der Waals surface area contributed by atoms with Gasteiger partial charge in [-0.15, -0.1) is 0 Å². The predicted octanol–water partition coefficient (Wildman–Crippen LogP) is 5.55. The van der Waals surface area contributed by atoms with Crippen LogP contribution in [0, 0.1) is 0 Å². The van der Waals surface area contributed by atoms with E-state index in [1.165, 1.54) is 25.2 Å². The van der Waals surface area contributed by atoms with E-state index < -0.39 is 36.7 Å². The number of alkyl halides is 3. The Balaban J connectivity index is 2.66. The van der Waals surface area contributed by atoms with Crippen LogP contribution in [0.25, 0.3) is 0 Å². The Labute approximate surface area is 205 Å². The third kappa shape index (κ3) is 7.25. The molecule has 0 saturated carbocycles. The van der Waals surface area contributed by atoms with E-state index in [0.717, 1.165) is 9.80 Å². The molecule has 2 aromatic carbocycles. The molecule has 0 aromatic heterocycles. The van der Waals surface area contributed by atoms with Crippen molar-refractivity contribution in [1.29, 1.82) is 0 Å². The van der Waals surface area contributed by atoms with Crippen LogP contribution in [0.1, 0.15) is 30.4 Å². The van der Waals surface area contributed by atoms with E-state index in [9.17, 15) is 33.0 Å². The summed E-state index contributed by atoms with van der Waals surface area (Å²) in [6.07, 6.45) is -7.65. The molecule has 0 spiro atoms. The molecule has 0 radical (unpaired) electrons. The molecule has 0 unspecified atom stereocenters. The highest BCUT2D eigenvalue weighted by molar-refractivity contribution is 6.42. The van der Waals surface area contributed by atoms with Gasteiger partial charge in [0.25, 0.3) is 0 Å². The third-order valence-corrected chi connectivity index (χ3v) is 6.15. The zero-order chi connectivity index (χ0) is 25.5. The minimum atomic E-state index is -4.72. The number of carboxylic acid groups (broad SMARTS) is 1. The molecule has 2 amide bonds. The predicted molar refractivity (Wildman–Crippen MR) is 123 cm³/mol. The fraction of sp³-hybridized carbons (Fsp3) is 0.391. The minimum absolute atomic E-state index is 0.00420. The number of hydrogen-bond donors (Lipinski definition) is 2. The van der Waals surface area contributed by atoms with Crippen LogP contribution in [0.3, 0.4) is 0 Å². The van der Waals surface area contributed by atoms with Crippen LogP contribution in [0.2, 0.25) is 10.0 Å². The van der Waals surface area contributed by atoms with E-state index in [2.05, 4.69) is 0 Å². The van der Waals surface area contributed by atoms with Crippen LogP contribution in [0.15, 0.2) is 48.5 Å². The van der Waals surface area contributed by atoms with Gasteiger partial charge in [0.05, 0.1) is 15.6 Å². The molecule has 0 aliphatic rings. The Morgan fingerprint density at radius 3 is 2.21 bits per heavy atom. The highest BCUT2D eigenvalue weighted by atomic mass is 35.5. The average molecular weight is 521 g/mol. The summed E-state index contributed by atoms with van der Waals surface area (Å²) in [4.78, 5) is 26.8. The number of likely N-dealkylation sites (N-methyl/N-ethyl adjacent to an activating group) is 1. The van der Waals surface area contributed by atoms with Crippen LogP contribution < -0.4 is 0 Å². The fourth-order valence-corrected chi connectivity index (χ4v) is 4.10. The Morgan fingerprint density at radius 2 is 1.68 bits per heavy atom. The molecule has 0 aliphatic carbocycles. The molecule has 2 aromatic rings. The van der Waals surface area contributed by atoms with Gasteiger partial charge in [0.15, 0.2) is 0 Å². The molecule has 0 fully saturated rings. The second-order valence-corrected chi connectivity index (χ2v) is 8.70. The average Bonchev–Trinajstić information content (AvgIpc) is 2.76. The van der Waals surface area contributed by atoms with Crippen molar-refractivity contribution in [2.75, 3.05) is 20.2 Å². The molecule has 6 nitrogen and oxygen atoms in total. The summed E-state index contributed by atoms with van der Waals surface area (Å²) in [6, 6.07) is 13.0. The lowest BCUT2D eigenvalue weighted by atomic mass is 9.82. The second kappa shape index (κ2) is 11.8. The number of rotatable bonds is 10. The first-order valence-corrected chi connectivity index (χ1v) is 11.1. The molecule has 186 valence electrons. The van der Waals surface area contributed by atoms with Crippen LogP contribution in [0.4, 0.5) is 18.0 Å². The van der Waals surface area contributed by atoms with Crippen molar-refractivity contribution in [2.45, 2.75) is 37.5 Å². The number of halogens is 5. The van der Waals surface area contributed by atoms with Gasteiger partial charge >= 0.3 is 12.3 Å². The number of benzene rings is 2. The maximum atomic E-state index is 12.9. The Bertz CT molecular complexity index is 992. The lowest BCUT2D eigenvalue weighted by molar-refractivity contribution is -0.161. The zero-order valence-electron chi connectivity index (χ0n) is 18.4. The van der Waals surface area contributed by atoms with Crippen LogP contribution in [-0.2, 0) is 16.9 Å². The Morgan fingerprint density at radius 1 is 1.03 bits per heavy atom. The van der Waals surface area contributed by atoms with Crippen molar-refractivity contribution in [1.82, 2.24) is 9.80 Å². The third-order valence-electron chi connectivity index (χ3n) is 5.41. The Hall–Kier alpha value is -2.49. The van der Waals surface area contributed by atoms with E-state index in [1.807, 2.05) is 0 Å². The van der Waals surface area contributed by atoms with Crippen molar-refractivity contribution >= 4 is 35.2 Å². The Kier molecular flexibility index (Phi) is 9.61. The van der Waals surface area contributed by atoms with Gasteiger partial charge in [0, 0.05) is 26.7 Å². The maximum absolute atomic E-state index is 12.9. The van der Waals surface area contributed by atoms with Crippen LogP contribution in [0.5, 0.6) is 0 Å². The van der Waals surface area contributed by atoms with Crippen molar-refractivity contribution in [3.63, 3.8) is 0 Å². The monoisotopic (exact) mass is 520 g/mol. The highest BCUT2D eigenvalue weighted by Crippen LogP contribution is 2.39. The SMILES string of the molecule is CN(C[C@](CCCO)(c1ccc(Cl)c(Cl)c1)N(Cc1ccccc1)C(=O)O)C(=O)CC(F)(F)F. The number of nitrogens with zero attached hydrogens (tertiary/aromatic N) is 2. The number of aliphatic hydroxyl groups is 1. The molecule has 2 rings (SSSR count). The van der Waals surface area contributed by atoms with E-state index in [0.29, 0.717) is 11.1 Å². The molecule has 0 heterocycles. The van der Waals surface area contributed by atoms with Crippen molar-refractivity contribution in [3.8, 4) is 0 Å². The van der Waals surface area contributed by atoms with Gasteiger partial charge in [-0.2, -0.15) is 13.2 Å². The quantitative estimate of drug-likeness (QED) is 0.430. The summed E-state index contributed by atoms with van der Waals surface area (Å²) in [6.45, 7) is -0.829. The van der Waals surface area contributed by atoms with Crippen molar-refractivity contribution < 1.29 is 33.0 Å². The van der Waals surface area contributed by atoms with Gasteiger partial charge in [0.2, 0.25) is 5.91 Å². The molecular weight excluding hydrogens is 496 g/mol. The summed E-state index contributed by atoms with van der Waals surface area (Å²) in [5.74, 6) is -1.22.